The van der Waals surface area contributed by atoms with Gasteiger partial charge in [-0.25, -0.2) is 14.1 Å². The van der Waals surface area contributed by atoms with Gasteiger partial charge in [-0.3, -0.25) is 4.79 Å². The maximum absolute atomic E-state index is 13.2. The number of benzene rings is 1. The molecule has 1 amide bonds. The molecule has 5 rings (SSSR count). The molecule has 0 spiro atoms. The Morgan fingerprint density at radius 2 is 1.94 bits per heavy atom. The van der Waals surface area contributed by atoms with Crippen molar-refractivity contribution in [2.24, 2.45) is 5.92 Å². The second kappa shape index (κ2) is 8.57. The number of hydrogen-bond acceptors (Lipinski definition) is 6. The van der Waals surface area contributed by atoms with Crippen LogP contribution in [0.4, 0.5) is 16.2 Å². The van der Waals surface area contributed by atoms with Gasteiger partial charge in [0.25, 0.3) is 0 Å². The van der Waals surface area contributed by atoms with Crippen molar-refractivity contribution >= 4 is 17.7 Å². The van der Waals surface area contributed by atoms with Gasteiger partial charge in [0.15, 0.2) is 0 Å². The minimum atomic E-state index is -0.288. The third kappa shape index (κ3) is 4.02. The molecule has 4 heterocycles. The molecule has 1 aromatic carbocycles. The SMILES string of the molecule is CN1C(=O)C[C@@H](CNc2nccc(N3CCCC3)n2)[C@@H]1c1cnn(-c2ccc(F)cc2)c1. The molecule has 2 fully saturated rings. The zero-order chi connectivity index (χ0) is 22.1. The Bertz CT molecular complexity index is 1090. The summed E-state index contributed by atoms with van der Waals surface area (Å²) in [5.74, 6) is 1.39. The molecule has 0 unspecified atom stereocenters. The standard InChI is InChI=1S/C23H26FN7O/c1-29-21(32)12-16(13-26-23-25-9-8-20(28-23)30-10-2-3-11-30)22(29)17-14-27-31(15-17)19-6-4-18(24)5-7-19/h4-9,14-16,22H,2-3,10-13H2,1H3,(H,25,26,28)/t16-,22+/m0/s1. The third-order valence-electron chi connectivity index (χ3n) is 6.32. The lowest BCUT2D eigenvalue weighted by Gasteiger charge is -2.24. The van der Waals surface area contributed by atoms with Gasteiger partial charge in [-0.05, 0) is 43.2 Å². The summed E-state index contributed by atoms with van der Waals surface area (Å²) in [6, 6.07) is 8.01. The lowest BCUT2D eigenvalue weighted by molar-refractivity contribution is -0.127. The summed E-state index contributed by atoms with van der Waals surface area (Å²) < 4.78 is 14.9. The van der Waals surface area contributed by atoms with Crippen molar-refractivity contribution in [3.63, 3.8) is 0 Å². The van der Waals surface area contributed by atoms with E-state index in [1.165, 1.54) is 25.0 Å². The van der Waals surface area contributed by atoms with Gasteiger partial charge < -0.3 is 15.1 Å². The van der Waals surface area contributed by atoms with E-state index in [4.69, 9.17) is 0 Å². The van der Waals surface area contributed by atoms with E-state index in [0.717, 1.165) is 30.2 Å². The van der Waals surface area contributed by atoms with Crippen LogP contribution in [0.3, 0.4) is 0 Å². The van der Waals surface area contributed by atoms with Crippen molar-refractivity contribution in [1.82, 2.24) is 24.6 Å². The molecule has 1 N–H and O–H groups in total. The van der Waals surface area contributed by atoms with E-state index in [9.17, 15) is 9.18 Å². The van der Waals surface area contributed by atoms with Gasteiger partial charge in [-0.15, -0.1) is 0 Å². The number of carbonyl (C=O) groups is 1. The van der Waals surface area contributed by atoms with Crippen molar-refractivity contribution in [2.75, 3.05) is 36.9 Å². The largest absolute Gasteiger partial charge is 0.356 e. The molecule has 2 atom stereocenters. The Morgan fingerprint density at radius 3 is 2.72 bits per heavy atom. The average Bonchev–Trinajstić information content (AvgIpc) is 3.55. The van der Waals surface area contributed by atoms with Crippen LogP contribution >= 0.6 is 0 Å². The number of nitrogens with zero attached hydrogens (tertiary/aromatic N) is 6. The average molecular weight is 436 g/mol. The summed E-state index contributed by atoms with van der Waals surface area (Å²) in [5, 5.41) is 7.77. The zero-order valence-corrected chi connectivity index (χ0v) is 18.0. The van der Waals surface area contributed by atoms with Crippen molar-refractivity contribution in [3.8, 4) is 5.69 Å². The first kappa shape index (κ1) is 20.4. The molecular weight excluding hydrogens is 409 g/mol. The van der Waals surface area contributed by atoms with E-state index < -0.39 is 0 Å². The molecule has 166 valence electrons. The predicted octanol–water partition coefficient (Wildman–Crippen LogP) is 3.03. The number of aromatic nitrogens is 4. The maximum atomic E-state index is 13.2. The highest BCUT2D eigenvalue weighted by Gasteiger charge is 2.39. The molecule has 2 aliphatic heterocycles. The summed E-state index contributed by atoms with van der Waals surface area (Å²) in [5.41, 5.74) is 1.72. The van der Waals surface area contributed by atoms with Gasteiger partial charge in [0.1, 0.15) is 11.6 Å². The molecule has 0 radical (unpaired) electrons. The zero-order valence-electron chi connectivity index (χ0n) is 18.0. The van der Waals surface area contributed by atoms with E-state index in [0.29, 0.717) is 18.9 Å². The Morgan fingerprint density at radius 1 is 1.16 bits per heavy atom. The van der Waals surface area contributed by atoms with Gasteiger partial charge in [-0.2, -0.15) is 10.1 Å². The van der Waals surface area contributed by atoms with Crippen LogP contribution in [-0.4, -0.2) is 57.2 Å². The van der Waals surface area contributed by atoms with Crippen LogP contribution in [0.15, 0.2) is 48.9 Å². The molecule has 0 aliphatic carbocycles. The minimum Gasteiger partial charge on any atom is -0.356 e. The van der Waals surface area contributed by atoms with Crippen molar-refractivity contribution < 1.29 is 9.18 Å². The van der Waals surface area contributed by atoms with Gasteiger partial charge in [-0.1, -0.05) is 0 Å². The Hall–Kier alpha value is -3.49. The van der Waals surface area contributed by atoms with Crippen molar-refractivity contribution in [3.05, 3.63) is 60.3 Å². The number of halogens is 1. The number of amides is 1. The van der Waals surface area contributed by atoms with Crippen LogP contribution in [0.1, 0.15) is 30.9 Å². The first-order chi connectivity index (χ1) is 15.6. The number of nitrogens with one attached hydrogen (secondary N) is 1. The molecule has 2 aliphatic rings. The third-order valence-corrected chi connectivity index (χ3v) is 6.32. The number of hydrogen-bond donors (Lipinski definition) is 1. The number of anilines is 2. The number of rotatable bonds is 6. The second-order valence-electron chi connectivity index (χ2n) is 8.42. The summed E-state index contributed by atoms with van der Waals surface area (Å²) >= 11 is 0. The highest BCUT2D eigenvalue weighted by molar-refractivity contribution is 5.79. The summed E-state index contributed by atoms with van der Waals surface area (Å²) in [6.45, 7) is 2.63. The maximum Gasteiger partial charge on any atom is 0.224 e. The fourth-order valence-electron chi connectivity index (χ4n) is 4.63. The fraction of sp³-hybridized carbons (Fsp3) is 0.391. The lowest BCUT2D eigenvalue weighted by Crippen LogP contribution is -2.26. The topological polar surface area (TPSA) is 79.2 Å². The molecule has 32 heavy (non-hydrogen) atoms. The second-order valence-corrected chi connectivity index (χ2v) is 8.42. The highest BCUT2D eigenvalue weighted by atomic mass is 19.1. The van der Waals surface area contributed by atoms with Gasteiger partial charge in [0, 0.05) is 57.0 Å². The number of likely N-dealkylation sites (tertiary alicyclic amines) is 1. The van der Waals surface area contributed by atoms with E-state index in [2.05, 4.69) is 25.3 Å². The minimum absolute atomic E-state index is 0.0532. The van der Waals surface area contributed by atoms with Gasteiger partial charge in [0.2, 0.25) is 11.9 Å². The van der Waals surface area contributed by atoms with Gasteiger partial charge in [0.05, 0.1) is 17.9 Å². The molecular formula is C23H26FN7O. The van der Waals surface area contributed by atoms with Crippen molar-refractivity contribution in [2.45, 2.75) is 25.3 Å². The Balaban J connectivity index is 1.31. The summed E-state index contributed by atoms with van der Waals surface area (Å²) in [4.78, 5) is 25.6. The molecule has 2 saturated heterocycles. The first-order valence-corrected chi connectivity index (χ1v) is 11.0. The Kier molecular flexibility index (Phi) is 5.46. The van der Waals surface area contributed by atoms with Crippen LogP contribution in [0, 0.1) is 11.7 Å². The van der Waals surface area contributed by atoms with Crippen molar-refractivity contribution in [1.29, 1.82) is 0 Å². The summed E-state index contributed by atoms with van der Waals surface area (Å²) in [7, 11) is 1.83. The van der Waals surface area contributed by atoms with Gasteiger partial charge >= 0.3 is 0 Å². The van der Waals surface area contributed by atoms with E-state index in [-0.39, 0.29) is 23.7 Å². The smallest absolute Gasteiger partial charge is 0.224 e. The summed E-state index contributed by atoms with van der Waals surface area (Å²) in [6.07, 6.45) is 8.29. The van der Waals surface area contributed by atoms with E-state index in [1.54, 1.807) is 34.1 Å². The normalized spacial score (nSPS) is 20.9. The molecule has 8 nitrogen and oxygen atoms in total. The monoisotopic (exact) mass is 435 g/mol. The lowest BCUT2D eigenvalue weighted by atomic mass is 9.96. The van der Waals surface area contributed by atoms with Crippen LogP contribution < -0.4 is 10.2 Å². The van der Waals surface area contributed by atoms with E-state index in [1.807, 2.05) is 19.3 Å². The van der Waals surface area contributed by atoms with Crippen LogP contribution in [0.5, 0.6) is 0 Å². The molecule has 0 bridgehead atoms. The fourth-order valence-corrected chi connectivity index (χ4v) is 4.63. The quantitative estimate of drug-likeness (QED) is 0.641. The molecule has 3 aromatic rings. The molecule has 0 saturated carbocycles. The Labute approximate surface area is 186 Å². The predicted molar refractivity (Wildman–Crippen MR) is 119 cm³/mol. The first-order valence-electron chi connectivity index (χ1n) is 11.0. The molecule has 9 heteroatoms. The van der Waals surface area contributed by atoms with Crippen LogP contribution in [0.2, 0.25) is 0 Å². The molecule has 2 aromatic heterocycles. The highest BCUT2D eigenvalue weighted by Crippen LogP contribution is 2.37. The number of carbonyl (C=O) groups excluding carboxylic acids is 1. The van der Waals surface area contributed by atoms with Crippen LogP contribution in [-0.2, 0) is 4.79 Å². The van der Waals surface area contributed by atoms with E-state index >= 15 is 0 Å². The van der Waals surface area contributed by atoms with Crippen LogP contribution in [0.25, 0.3) is 5.69 Å².